The molecule has 7 heteroatoms. The van der Waals surface area contributed by atoms with Gasteiger partial charge in [-0.15, -0.1) is 0 Å². The summed E-state index contributed by atoms with van der Waals surface area (Å²) in [5.41, 5.74) is 1.29. The van der Waals surface area contributed by atoms with E-state index in [1.54, 1.807) is 48.5 Å². The van der Waals surface area contributed by atoms with Gasteiger partial charge in [0.05, 0.1) is 17.2 Å². The zero-order valence-corrected chi connectivity index (χ0v) is 17.6. The largest absolute Gasteiger partial charge is 0.494 e. The number of sulfonamides is 1. The average molecular weight is 430 g/mol. The van der Waals surface area contributed by atoms with Crippen molar-refractivity contribution in [3.05, 3.63) is 88.9 Å². The molecule has 0 aliphatic carbocycles. The highest BCUT2D eigenvalue weighted by molar-refractivity contribution is 7.93. The Morgan fingerprint density at radius 2 is 1.66 bits per heavy atom. The number of carbonyl (C=O) groups is 1. The zero-order valence-electron chi connectivity index (χ0n) is 16.0. The van der Waals surface area contributed by atoms with Crippen LogP contribution in [0, 0.1) is 6.92 Å². The minimum atomic E-state index is -4.16. The second-order valence-corrected chi connectivity index (χ2v) is 8.55. The number of benzene rings is 3. The Morgan fingerprint density at radius 3 is 2.24 bits per heavy atom. The number of halogens is 1. The molecule has 3 aromatic carbocycles. The van der Waals surface area contributed by atoms with Crippen molar-refractivity contribution in [3.63, 3.8) is 0 Å². The quantitative estimate of drug-likeness (QED) is 0.548. The molecule has 0 bridgehead atoms. The standard InChI is InChI=1S/C22H20ClNO4S/c1-3-28-20-11-9-19(10-12-20)24(22(25)17-5-4-6-18(23)15-17)29(26,27)21-13-7-16(2)8-14-21/h4-15H,3H2,1-2H3. The van der Waals surface area contributed by atoms with Gasteiger partial charge in [0.1, 0.15) is 5.75 Å². The lowest BCUT2D eigenvalue weighted by Gasteiger charge is -2.23. The minimum Gasteiger partial charge on any atom is -0.494 e. The first-order valence-corrected chi connectivity index (χ1v) is 10.8. The highest BCUT2D eigenvalue weighted by Crippen LogP contribution is 2.28. The van der Waals surface area contributed by atoms with Crippen LogP contribution < -0.4 is 9.04 Å². The van der Waals surface area contributed by atoms with Crippen LogP contribution in [-0.2, 0) is 10.0 Å². The molecule has 1 amide bonds. The first-order chi connectivity index (χ1) is 13.8. The Hall–Kier alpha value is -2.83. The first-order valence-electron chi connectivity index (χ1n) is 8.97. The van der Waals surface area contributed by atoms with Gasteiger partial charge in [-0.25, -0.2) is 8.42 Å². The number of rotatable bonds is 6. The Bertz CT molecular complexity index is 1110. The number of ether oxygens (including phenoxy) is 1. The van der Waals surface area contributed by atoms with Crippen LogP contribution in [-0.4, -0.2) is 20.9 Å². The first kappa shape index (κ1) is 20.9. The van der Waals surface area contributed by atoms with Crippen molar-refractivity contribution in [3.8, 4) is 5.75 Å². The molecule has 0 N–H and O–H groups in total. The lowest BCUT2D eigenvalue weighted by Crippen LogP contribution is -2.37. The Morgan fingerprint density at radius 1 is 1.00 bits per heavy atom. The molecule has 29 heavy (non-hydrogen) atoms. The number of nitrogens with zero attached hydrogens (tertiary/aromatic N) is 1. The maximum Gasteiger partial charge on any atom is 0.272 e. The number of aryl methyl sites for hydroxylation is 1. The summed E-state index contributed by atoms with van der Waals surface area (Å²) in [6, 6.07) is 18.9. The average Bonchev–Trinajstić information content (AvgIpc) is 2.70. The van der Waals surface area contributed by atoms with Gasteiger partial charge in [-0.05, 0) is 68.4 Å². The predicted molar refractivity (Wildman–Crippen MR) is 114 cm³/mol. The fourth-order valence-corrected chi connectivity index (χ4v) is 4.37. The molecule has 0 fully saturated rings. The predicted octanol–water partition coefficient (Wildman–Crippen LogP) is 5.08. The molecule has 0 saturated heterocycles. The van der Waals surface area contributed by atoms with Crippen molar-refractivity contribution in [2.45, 2.75) is 18.7 Å². The highest BCUT2D eigenvalue weighted by Gasteiger charge is 2.32. The molecule has 0 aliphatic rings. The second-order valence-electron chi connectivity index (χ2n) is 6.32. The number of hydrogen-bond donors (Lipinski definition) is 0. The fraction of sp³-hybridized carbons (Fsp3) is 0.136. The van der Waals surface area contributed by atoms with E-state index in [2.05, 4.69) is 0 Å². The zero-order chi connectivity index (χ0) is 21.0. The summed E-state index contributed by atoms with van der Waals surface area (Å²) < 4.78 is 33.0. The second kappa shape index (κ2) is 8.68. The minimum absolute atomic E-state index is 0.0207. The summed E-state index contributed by atoms with van der Waals surface area (Å²) in [6.07, 6.45) is 0. The Labute approximate surface area is 175 Å². The summed E-state index contributed by atoms with van der Waals surface area (Å²) >= 11 is 6.01. The van der Waals surface area contributed by atoms with Crippen molar-refractivity contribution >= 4 is 33.2 Å². The highest BCUT2D eigenvalue weighted by atomic mass is 35.5. The van der Waals surface area contributed by atoms with Gasteiger partial charge in [0.25, 0.3) is 15.9 Å². The molecule has 3 rings (SSSR count). The van der Waals surface area contributed by atoms with Gasteiger partial charge in [0.2, 0.25) is 0 Å². The Balaban J connectivity index is 2.12. The van der Waals surface area contributed by atoms with E-state index in [0.717, 1.165) is 9.87 Å². The van der Waals surface area contributed by atoms with Crippen LogP contribution in [0.25, 0.3) is 0 Å². The van der Waals surface area contributed by atoms with E-state index in [0.29, 0.717) is 17.4 Å². The fourth-order valence-electron chi connectivity index (χ4n) is 2.76. The third-order valence-corrected chi connectivity index (χ3v) is 6.16. The summed E-state index contributed by atoms with van der Waals surface area (Å²) in [7, 11) is -4.16. The molecule has 0 unspecified atom stereocenters. The molecular formula is C22H20ClNO4S. The van der Waals surface area contributed by atoms with Crippen LogP contribution in [0.3, 0.4) is 0 Å². The number of amides is 1. The third-order valence-electron chi connectivity index (χ3n) is 4.20. The monoisotopic (exact) mass is 429 g/mol. The third kappa shape index (κ3) is 4.60. The van der Waals surface area contributed by atoms with Gasteiger partial charge in [-0.2, -0.15) is 4.31 Å². The number of anilines is 1. The van der Waals surface area contributed by atoms with E-state index in [-0.39, 0.29) is 16.1 Å². The molecule has 0 heterocycles. The smallest absolute Gasteiger partial charge is 0.272 e. The molecule has 0 radical (unpaired) electrons. The topological polar surface area (TPSA) is 63.7 Å². The van der Waals surface area contributed by atoms with Crippen LogP contribution >= 0.6 is 11.6 Å². The van der Waals surface area contributed by atoms with Crippen molar-refractivity contribution in [2.75, 3.05) is 10.9 Å². The van der Waals surface area contributed by atoms with Gasteiger partial charge in [-0.3, -0.25) is 4.79 Å². The van der Waals surface area contributed by atoms with Crippen molar-refractivity contribution in [1.29, 1.82) is 0 Å². The van der Waals surface area contributed by atoms with E-state index in [1.165, 1.54) is 24.3 Å². The van der Waals surface area contributed by atoms with Crippen LogP contribution in [0.4, 0.5) is 5.69 Å². The maximum absolute atomic E-state index is 13.4. The molecule has 0 spiro atoms. The van der Waals surface area contributed by atoms with Crippen LogP contribution in [0.1, 0.15) is 22.8 Å². The van der Waals surface area contributed by atoms with Gasteiger partial charge in [-0.1, -0.05) is 35.4 Å². The molecule has 0 aromatic heterocycles. The number of carbonyl (C=O) groups excluding carboxylic acids is 1. The van der Waals surface area contributed by atoms with Gasteiger partial charge in [0, 0.05) is 10.6 Å². The molecular weight excluding hydrogens is 410 g/mol. The van der Waals surface area contributed by atoms with Crippen LogP contribution in [0.15, 0.2) is 77.7 Å². The number of hydrogen-bond acceptors (Lipinski definition) is 4. The van der Waals surface area contributed by atoms with Crippen molar-refractivity contribution < 1.29 is 17.9 Å². The van der Waals surface area contributed by atoms with Crippen molar-refractivity contribution in [1.82, 2.24) is 0 Å². The molecule has 3 aromatic rings. The normalized spacial score (nSPS) is 11.1. The summed E-state index contributed by atoms with van der Waals surface area (Å²) in [4.78, 5) is 13.3. The molecule has 5 nitrogen and oxygen atoms in total. The van der Waals surface area contributed by atoms with Crippen molar-refractivity contribution in [2.24, 2.45) is 0 Å². The van der Waals surface area contributed by atoms with Crippen LogP contribution in [0.5, 0.6) is 5.75 Å². The SMILES string of the molecule is CCOc1ccc(N(C(=O)c2cccc(Cl)c2)S(=O)(=O)c2ccc(C)cc2)cc1. The van der Waals surface area contributed by atoms with E-state index < -0.39 is 15.9 Å². The van der Waals surface area contributed by atoms with Gasteiger partial charge in [0.15, 0.2) is 0 Å². The van der Waals surface area contributed by atoms with Crippen LogP contribution in [0.2, 0.25) is 5.02 Å². The lowest BCUT2D eigenvalue weighted by atomic mass is 10.2. The summed E-state index contributed by atoms with van der Waals surface area (Å²) in [5.74, 6) is -0.114. The molecule has 150 valence electrons. The molecule has 0 aliphatic heterocycles. The van der Waals surface area contributed by atoms with E-state index in [1.807, 2.05) is 13.8 Å². The summed E-state index contributed by atoms with van der Waals surface area (Å²) in [6.45, 7) is 4.19. The Kier molecular flexibility index (Phi) is 6.25. The lowest BCUT2D eigenvalue weighted by molar-refractivity contribution is 0.101. The van der Waals surface area contributed by atoms with Gasteiger partial charge >= 0.3 is 0 Å². The molecule has 0 saturated carbocycles. The molecule has 0 atom stereocenters. The maximum atomic E-state index is 13.4. The van der Waals surface area contributed by atoms with E-state index in [4.69, 9.17) is 16.3 Å². The van der Waals surface area contributed by atoms with E-state index in [9.17, 15) is 13.2 Å². The summed E-state index contributed by atoms with van der Waals surface area (Å²) in [5, 5.41) is 0.343. The van der Waals surface area contributed by atoms with Gasteiger partial charge < -0.3 is 4.74 Å². The van der Waals surface area contributed by atoms with E-state index >= 15 is 0 Å².